The molecule has 11 rings (SSSR count). The molecule has 10 aromatic rings. The van der Waals surface area contributed by atoms with Crippen LogP contribution in [0.15, 0.2) is 167 Å². The highest BCUT2D eigenvalue weighted by molar-refractivity contribution is 6.18. The van der Waals surface area contributed by atoms with Crippen molar-refractivity contribution in [2.45, 2.75) is 12.8 Å². The Hall–Kier alpha value is -7.11. The third kappa shape index (κ3) is 5.05. The summed E-state index contributed by atoms with van der Waals surface area (Å²) in [5.41, 5.74) is 13.2. The van der Waals surface area contributed by atoms with Gasteiger partial charge in [0, 0.05) is 32.7 Å². The molecule has 5 heteroatoms. The summed E-state index contributed by atoms with van der Waals surface area (Å²) in [5.74, 6) is 1.93. The summed E-state index contributed by atoms with van der Waals surface area (Å²) in [6, 6.07) is 54.5. The van der Waals surface area contributed by atoms with Crippen molar-refractivity contribution in [3.8, 4) is 45.0 Å². The van der Waals surface area contributed by atoms with Crippen LogP contribution < -0.4 is 0 Å². The van der Waals surface area contributed by atoms with E-state index in [0.717, 1.165) is 90.1 Å². The zero-order chi connectivity index (χ0) is 35.6. The molecule has 0 bridgehead atoms. The van der Waals surface area contributed by atoms with Gasteiger partial charge < -0.3 is 8.83 Å². The molecule has 0 fully saturated rings. The summed E-state index contributed by atoms with van der Waals surface area (Å²) in [4.78, 5) is 15.6. The van der Waals surface area contributed by atoms with Gasteiger partial charge in [-0.05, 0) is 88.2 Å². The van der Waals surface area contributed by atoms with Crippen LogP contribution in [0, 0.1) is 0 Å². The molecule has 0 N–H and O–H groups in total. The fourth-order valence-electron chi connectivity index (χ4n) is 8.01. The topological polar surface area (TPSA) is 65.0 Å². The molecule has 254 valence electrons. The number of hydrogen-bond donors (Lipinski definition) is 0. The summed E-state index contributed by atoms with van der Waals surface area (Å²) in [6.45, 7) is 0. The minimum atomic E-state index is 0.609. The molecule has 7 aromatic carbocycles. The van der Waals surface area contributed by atoms with Crippen LogP contribution in [-0.2, 0) is 6.42 Å². The van der Waals surface area contributed by atoms with Gasteiger partial charge in [0.1, 0.15) is 22.3 Å². The number of rotatable bonds is 5. The minimum absolute atomic E-state index is 0.609. The second-order valence-electron chi connectivity index (χ2n) is 13.9. The van der Waals surface area contributed by atoms with Gasteiger partial charge in [0.15, 0.2) is 17.5 Å². The van der Waals surface area contributed by atoms with Crippen molar-refractivity contribution in [2.24, 2.45) is 0 Å². The predicted molar refractivity (Wildman–Crippen MR) is 219 cm³/mol. The van der Waals surface area contributed by atoms with E-state index in [0.29, 0.717) is 17.5 Å². The lowest BCUT2D eigenvalue weighted by Crippen LogP contribution is -2.06. The van der Waals surface area contributed by atoms with Gasteiger partial charge in [-0.25, -0.2) is 15.0 Å². The maximum absolute atomic E-state index is 6.56. The van der Waals surface area contributed by atoms with E-state index in [1.807, 2.05) is 48.5 Å². The smallest absolute Gasteiger partial charge is 0.164 e. The van der Waals surface area contributed by atoms with E-state index in [-0.39, 0.29) is 0 Å². The Morgan fingerprint density at radius 1 is 0.389 bits per heavy atom. The normalized spacial score (nSPS) is 12.8. The van der Waals surface area contributed by atoms with E-state index in [2.05, 4.69) is 115 Å². The Bertz CT molecular complexity index is 3100. The molecular formula is C49H31N3O2. The van der Waals surface area contributed by atoms with Crippen molar-refractivity contribution in [1.82, 2.24) is 15.0 Å². The molecule has 0 spiro atoms. The van der Waals surface area contributed by atoms with E-state index in [9.17, 15) is 0 Å². The maximum atomic E-state index is 6.56. The Kier molecular flexibility index (Phi) is 6.92. The van der Waals surface area contributed by atoms with Crippen molar-refractivity contribution in [3.63, 3.8) is 0 Å². The molecule has 3 heterocycles. The van der Waals surface area contributed by atoms with Gasteiger partial charge in [-0.2, -0.15) is 0 Å². The lowest BCUT2D eigenvalue weighted by Gasteiger charge is -2.17. The van der Waals surface area contributed by atoms with Gasteiger partial charge in [0.05, 0.1) is 0 Å². The average Bonchev–Trinajstić information content (AvgIpc) is 3.82. The van der Waals surface area contributed by atoms with Gasteiger partial charge in [-0.15, -0.1) is 0 Å². The molecule has 0 unspecified atom stereocenters. The maximum Gasteiger partial charge on any atom is 0.164 e. The van der Waals surface area contributed by atoms with Crippen LogP contribution >= 0.6 is 0 Å². The summed E-state index contributed by atoms with van der Waals surface area (Å²) in [6.07, 6.45) is 4.02. The molecule has 0 radical (unpaired) electrons. The Morgan fingerprint density at radius 2 is 1.00 bits per heavy atom. The fraction of sp³-hybridized carbons (Fsp3) is 0.0408. The summed E-state index contributed by atoms with van der Waals surface area (Å²) < 4.78 is 12.9. The fourth-order valence-corrected chi connectivity index (χ4v) is 8.01. The number of allylic oxidation sites excluding steroid dienone is 1. The highest BCUT2D eigenvalue weighted by Gasteiger charge is 2.22. The highest BCUT2D eigenvalue weighted by atomic mass is 16.3. The molecule has 0 amide bonds. The molecular weight excluding hydrogens is 663 g/mol. The largest absolute Gasteiger partial charge is 0.456 e. The van der Waals surface area contributed by atoms with Gasteiger partial charge in [0.2, 0.25) is 0 Å². The lowest BCUT2D eigenvalue weighted by atomic mass is 9.92. The second kappa shape index (κ2) is 12.2. The van der Waals surface area contributed by atoms with Gasteiger partial charge in [-0.3, -0.25) is 0 Å². The molecule has 1 aliphatic rings. The van der Waals surface area contributed by atoms with Crippen molar-refractivity contribution >= 4 is 55.5 Å². The number of nitrogens with zero attached hydrogens (tertiary/aromatic N) is 3. The molecule has 0 atom stereocenters. The monoisotopic (exact) mass is 693 g/mol. The first kappa shape index (κ1) is 30.5. The Labute approximate surface area is 310 Å². The SMILES string of the molecule is C1=C(c2nc(-c3ccc(-c4ccccc4)cc3)nc(-c3cccc4oc5cccc(-c6ccc7c(c6)oc6ccccc67)c5c34)n2)CCc2ccccc21. The first-order valence-electron chi connectivity index (χ1n) is 18.3. The first-order chi connectivity index (χ1) is 26.7. The van der Waals surface area contributed by atoms with Crippen LogP contribution in [0.1, 0.15) is 23.4 Å². The molecule has 0 saturated carbocycles. The quantitative estimate of drug-likeness (QED) is 0.179. The van der Waals surface area contributed by atoms with Gasteiger partial charge in [0.25, 0.3) is 0 Å². The third-order valence-electron chi connectivity index (χ3n) is 10.7. The average molecular weight is 694 g/mol. The second-order valence-corrected chi connectivity index (χ2v) is 13.9. The zero-order valence-electron chi connectivity index (χ0n) is 29.2. The lowest BCUT2D eigenvalue weighted by molar-refractivity contribution is 0.668. The Balaban J connectivity index is 1.11. The summed E-state index contributed by atoms with van der Waals surface area (Å²) in [5, 5.41) is 4.19. The molecule has 1 aliphatic carbocycles. The third-order valence-corrected chi connectivity index (χ3v) is 10.7. The molecule has 5 nitrogen and oxygen atoms in total. The van der Waals surface area contributed by atoms with Gasteiger partial charge in [-0.1, -0.05) is 127 Å². The van der Waals surface area contributed by atoms with E-state index >= 15 is 0 Å². The van der Waals surface area contributed by atoms with Crippen molar-refractivity contribution in [1.29, 1.82) is 0 Å². The predicted octanol–water partition coefficient (Wildman–Crippen LogP) is 12.8. The first-order valence-corrected chi connectivity index (χ1v) is 18.3. The molecule has 0 aliphatic heterocycles. The summed E-state index contributed by atoms with van der Waals surface area (Å²) in [7, 11) is 0. The van der Waals surface area contributed by atoms with Crippen molar-refractivity contribution in [2.75, 3.05) is 0 Å². The van der Waals surface area contributed by atoms with Crippen LogP contribution in [0.4, 0.5) is 0 Å². The number of furan rings is 2. The van der Waals surface area contributed by atoms with Crippen molar-refractivity contribution < 1.29 is 8.83 Å². The van der Waals surface area contributed by atoms with Gasteiger partial charge >= 0.3 is 0 Å². The van der Waals surface area contributed by atoms with E-state index in [1.165, 1.54) is 16.7 Å². The number of benzene rings is 7. The van der Waals surface area contributed by atoms with Crippen molar-refractivity contribution in [3.05, 3.63) is 175 Å². The van der Waals surface area contributed by atoms with E-state index < -0.39 is 0 Å². The molecule has 3 aromatic heterocycles. The van der Waals surface area contributed by atoms with E-state index in [1.54, 1.807) is 0 Å². The number of para-hydroxylation sites is 1. The van der Waals surface area contributed by atoms with Crippen LogP contribution in [-0.4, -0.2) is 15.0 Å². The minimum Gasteiger partial charge on any atom is -0.456 e. The number of hydrogen-bond acceptors (Lipinski definition) is 5. The van der Waals surface area contributed by atoms with Crippen LogP contribution in [0.3, 0.4) is 0 Å². The zero-order valence-corrected chi connectivity index (χ0v) is 29.2. The number of fused-ring (bicyclic) bond motifs is 7. The van der Waals surface area contributed by atoms with Crippen LogP contribution in [0.5, 0.6) is 0 Å². The van der Waals surface area contributed by atoms with E-state index in [4.69, 9.17) is 23.8 Å². The molecule has 0 saturated heterocycles. The van der Waals surface area contributed by atoms with Crippen LogP contribution in [0.25, 0.3) is 101 Å². The number of aromatic nitrogens is 3. The highest BCUT2D eigenvalue weighted by Crippen LogP contribution is 2.43. The molecule has 54 heavy (non-hydrogen) atoms. The van der Waals surface area contributed by atoms with Crippen LogP contribution in [0.2, 0.25) is 0 Å². The summed E-state index contributed by atoms with van der Waals surface area (Å²) >= 11 is 0. The Morgan fingerprint density at radius 3 is 1.87 bits per heavy atom. The standard InChI is InChI=1S/C49H31N3O2/c1-2-10-30(11-3-1)32-20-23-33(24-21-32)47-50-48(36-25-22-31-12-4-5-13-34(31)28-36)52-49(51-47)40-16-9-19-43-46(40)45-37(15-8-18-42(45)54-43)35-26-27-39-38-14-6-7-17-41(38)53-44(39)29-35/h1-21,23-24,26-29H,22,25H2. The number of aryl methyl sites for hydroxylation is 1.